The molecule has 128 valence electrons. The Hall–Kier alpha value is -1.30. The van der Waals surface area contributed by atoms with E-state index in [1.807, 2.05) is 12.1 Å². The lowest BCUT2D eigenvalue weighted by molar-refractivity contribution is 0.0890. The molecule has 23 heavy (non-hydrogen) atoms. The standard InChI is InChI=1S/C17H27ClN4O/c1-13(2)16(22-9-7-21(3)8-10-22)12-19-17(23)20-15-6-4-5-14(18)11-15/h4-6,11,13,16H,7-10,12H2,1-3H3,(H2,19,20,23). The third kappa shape index (κ3) is 5.68. The Labute approximate surface area is 144 Å². The number of urea groups is 1. The number of likely N-dealkylation sites (N-methyl/N-ethyl adjacent to an activating group) is 1. The second-order valence-corrected chi connectivity index (χ2v) is 6.93. The maximum atomic E-state index is 12.1. The lowest BCUT2D eigenvalue weighted by atomic mass is 10.0. The lowest BCUT2D eigenvalue weighted by Crippen LogP contribution is -2.54. The van der Waals surface area contributed by atoms with Crippen molar-refractivity contribution >= 4 is 23.3 Å². The Kier molecular flexibility index (Phi) is 6.69. The Balaban J connectivity index is 1.84. The van der Waals surface area contributed by atoms with Gasteiger partial charge in [0.25, 0.3) is 0 Å². The van der Waals surface area contributed by atoms with Gasteiger partial charge < -0.3 is 15.5 Å². The van der Waals surface area contributed by atoms with Crippen molar-refractivity contribution < 1.29 is 4.79 Å². The minimum atomic E-state index is -0.188. The third-order valence-corrected chi connectivity index (χ3v) is 4.57. The summed E-state index contributed by atoms with van der Waals surface area (Å²) < 4.78 is 0. The molecule has 1 fully saturated rings. The normalized spacial score (nSPS) is 18.0. The van der Waals surface area contributed by atoms with Crippen LogP contribution in [0.25, 0.3) is 0 Å². The number of carbonyl (C=O) groups is 1. The first-order valence-corrected chi connectivity index (χ1v) is 8.56. The molecule has 6 heteroatoms. The SMILES string of the molecule is CC(C)C(CNC(=O)Nc1cccc(Cl)c1)N1CCN(C)CC1. The highest BCUT2D eigenvalue weighted by molar-refractivity contribution is 6.30. The van der Waals surface area contributed by atoms with Gasteiger partial charge in [-0.2, -0.15) is 0 Å². The predicted octanol–water partition coefficient (Wildman–Crippen LogP) is 2.73. The van der Waals surface area contributed by atoms with Gasteiger partial charge in [0.1, 0.15) is 0 Å². The maximum absolute atomic E-state index is 12.1. The van der Waals surface area contributed by atoms with Crippen molar-refractivity contribution in [2.24, 2.45) is 5.92 Å². The van der Waals surface area contributed by atoms with Crippen molar-refractivity contribution in [3.05, 3.63) is 29.3 Å². The van der Waals surface area contributed by atoms with Crippen molar-refractivity contribution in [1.29, 1.82) is 0 Å². The first-order chi connectivity index (χ1) is 11.0. The average Bonchev–Trinajstić information content (AvgIpc) is 2.49. The monoisotopic (exact) mass is 338 g/mol. The van der Waals surface area contributed by atoms with Crippen LogP contribution in [0.5, 0.6) is 0 Å². The van der Waals surface area contributed by atoms with Gasteiger partial charge in [0.05, 0.1) is 0 Å². The molecule has 1 unspecified atom stereocenters. The molecule has 1 atom stereocenters. The van der Waals surface area contributed by atoms with E-state index in [0.29, 0.717) is 29.2 Å². The van der Waals surface area contributed by atoms with Crippen LogP contribution in [-0.2, 0) is 0 Å². The number of anilines is 1. The molecule has 2 amide bonds. The molecule has 2 rings (SSSR count). The van der Waals surface area contributed by atoms with Crippen LogP contribution in [0.15, 0.2) is 24.3 Å². The molecule has 2 N–H and O–H groups in total. The summed E-state index contributed by atoms with van der Waals surface area (Å²) in [5.74, 6) is 0.491. The minimum absolute atomic E-state index is 0.188. The van der Waals surface area contributed by atoms with Gasteiger partial charge in [0, 0.05) is 49.5 Å². The number of piperazine rings is 1. The summed E-state index contributed by atoms with van der Waals surface area (Å²) in [6, 6.07) is 7.33. The Morgan fingerprint density at radius 1 is 1.26 bits per heavy atom. The molecule has 1 aliphatic heterocycles. The van der Waals surface area contributed by atoms with E-state index in [2.05, 4.69) is 41.3 Å². The van der Waals surface area contributed by atoms with Crippen molar-refractivity contribution in [1.82, 2.24) is 15.1 Å². The highest BCUT2D eigenvalue weighted by Crippen LogP contribution is 2.15. The summed E-state index contributed by atoms with van der Waals surface area (Å²) in [5.41, 5.74) is 0.704. The number of nitrogens with one attached hydrogen (secondary N) is 2. The molecule has 0 aliphatic carbocycles. The molecular weight excluding hydrogens is 312 g/mol. The van der Waals surface area contributed by atoms with E-state index >= 15 is 0 Å². The maximum Gasteiger partial charge on any atom is 0.319 e. The second-order valence-electron chi connectivity index (χ2n) is 6.50. The van der Waals surface area contributed by atoms with E-state index in [-0.39, 0.29) is 6.03 Å². The van der Waals surface area contributed by atoms with Crippen molar-refractivity contribution in [3.63, 3.8) is 0 Å². The van der Waals surface area contributed by atoms with Gasteiger partial charge in [-0.3, -0.25) is 4.90 Å². The summed E-state index contributed by atoms with van der Waals surface area (Å²) in [4.78, 5) is 16.9. The van der Waals surface area contributed by atoms with Gasteiger partial charge >= 0.3 is 6.03 Å². The summed E-state index contributed by atoms with van der Waals surface area (Å²) in [5, 5.41) is 6.43. The highest BCUT2D eigenvalue weighted by atomic mass is 35.5. The number of hydrogen-bond donors (Lipinski definition) is 2. The van der Waals surface area contributed by atoms with Crippen molar-refractivity contribution in [2.45, 2.75) is 19.9 Å². The van der Waals surface area contributed by atoms with Gasteiger partial charge in [-0.25, -0.2) is 4.79 Å². The number of amides is 2. The zero-order valence-corrected chi connectivity index (χ0v) is 14.9. The zero-order chi connectivity index (χ0) is 16.8. The number of hydrogen-bond acceptors (Lipinski definition) is 3. The molecule has 0 aromatic heterocycles. The molecule has 1 aromatic rings. The minimum Gasteiger partial charge on any atom is -0.336 e. The molecule has 1 aliphatic rings. The van der Waals surface area contributed by atoms with Gasteiger partial charge in [-0.1, -0.05) is 31.5 Å². The molecule has 0 bridgehead atoms. The Morgan fingerprint density at radius 3 is 2.57 bits per heavy atom. The molecule has 1 aromatic carbocycles. The molecule has 1 saturated heterocycles. The number of halogens is 1. The van der Waals surface area contributed by atoms with Crippen LogP contribution in [0, 0.1) is 5.92 Å². The van der Waals surface area contributed by atoms with E-state index in [4.69, 9.17) is 11.6 Å². The first kappa shape index (κ1) is 18.0. The molecule has 0 radical (unpaired) electrons. The van der Waals surface area contributed by atoms with Gasteiger partial charge in [-0.15, -0.1) is 0 Å². The van der Waals surface area contributed by atoms with Crippen molar-refractivity contribution in [3.8, 4) is 0 Å². The molecule has 0 saturated carbocycles. The fraction of sp³-hybridized carbons (Fsp3) is 0.588. The van der Waals surface area contributed by atoms with Crippen LogP contribution in [0.3, 0.4) is 0 Å². The zero-order valence-electron chi connectivity index (χ0n) is 14.2. The largest absolute Gasteiger partial charge is 0.336 e. The molecular formula is C17H27ClN4O. The van der Waals surface area contributed by atoms with Crippen LogP contribution < -0.4 is 10.6 Å². The summed E-state index contributed by atoms with van der Waals surface area (Å²) >= 11 is 5.93. The highest BCUT2D eigenvalue weighted by Gasteiger charge is 2.25. The first-order valence-electron chi connectivity index (χ1n) is 8.18. The smallest absolute Gasteiger partial charge is 0.319 e. The van der Waals surface area contributed by atoms with E-state index in [9.17, 15) is 4.79 Å². The van der Waals surface area contributed by atoms with Crippen LogP contribution in [0.2, 0.25) is 5.02 Å². The van der Waals surface area contributed by atoms with E-state index in [1.165, 1.54) is 0 Å². The lowest BCUT2D eigenvalue weighted by Gasteiger charge is -2.39. The van der Waals surface area contributed by atoms with Gasteiger partial charge in [-0.05, 0) is 31.2 Å². The fourth-order valence-electron chi connectivity index (χ4n) is 2.88. The molecule has 0 spiro atoms. The summed E-state index contributed by atoms with van der Waals surface area (Å²) in [7, 11) is 2.15. The number of nitrogens with zero attached hydrogens (tertiary/aromatic N) is 2. The van der Waals surface area contributed by atoms with E-state index < -0.39 is 0 Å². The Bertz CT molecular complexity index is 515. The second kappa shape index (κ2) is 8.52. The van der Waals surface area contributed by atoms with Gasteiger partial charge in [0.15, 0.2) is 0 Å². The average molecular weight is 339 g/mol. The van der Waals surface area contributed by atoms with Crippen molar-refractivity contribution in [2.75, 3.05) is 45.1 Å². The number of carbonyl (C=O) groups excluding carboxylic acids is 1. The van der Waals surface area contributed by atoms with Crippen LogP contribution in [-0.4, -0.2) is 61.6 Å². The van der Waals surface area contributed by atoms with E-state index in [0.717, 1.165) is 26.2 Å². The Morgan fingerprint density at radius 2 is 1.96 bits per heavy atom. The fourth-order valence-corrected chi connectivity index (χ4v) is 3.07. The quantitative estimate of drug-likeness (QED) is 0.867. The van der Waals surface area contributed by atoms with Crippen LogP contribution in [0.1, 0.15) is 13.8 Å². The molecule has 1 heterocycles. The topological polar surface area (TPSA) is 47.6 Å². The van der Waals surface area contributed by atoms with E-state index in [1.54, 1.807) is 12.1 Å². The predicted molar refractivity (Wildman–Crippen MR) is 96.2 cm³/mol. The summed E-state index contributed by atoms with van der Waals surface area (Å²) in [6.07, 6.45) is 0. The van der Waals surface area contributed by atoms with Crippen LogP contribution in [0.4, 0.5) is 10.5 Å². The van der Waals surface area contributed by atoms with Crippen LogP contribution >= 0.6 is 11.6 Å². The van der Waals surface area contributed by atoms with Gasteiger partial charge in [0.2, 0.25) is 0 Å². The number of benzene rings is 1. The molecule has 5 nitrogen and oxygen atoms in total. The third-order valence-electron chi connectivity index (χ3n) is 4.33. The summed E-state index contributed by atoms with van der Waals surface area (Å²) in [6.45, 7) is 9.33. The number of rotatable bonds is 5.